The number of aliphatic hydroxyl groups is 1. The molecule has 0 amide bonds. The molecular weight excluding hydrogens is 223 g/mol. The summed E-state index contributed by atoms with van der Waals surface area (Å²) < 4.78 is 57.4. The Balaban J connectivity index is 4.80. The quantitative estimate of drug-likeness (QED) is 0.776. The first-order valence-electron chi connectivity index (χ1n) is 3.63. The lowest BCUT2D eigenvalue weighted by atomic mass is 10.1. The van der Waals surface area contributed by atoms with Crippen molar-refractivity contribution in [3.63, 3.8) is 0 Å². The normalized spacial score (nSPS) is 14.9. The van der Waals surface area contributed by atoms with Crippen LogP contribution >= 0.6 is 0 Å². The molecule has 0 aromatic carbocycles. The summed E-state index contributed by atoms with van der Waals surface area (Å²) in [6, 6.07) is 0. The van der Waals surface area contributed by atoms with Crippen LogP contribution < -0.4 is 0 Å². The zero-order valence-corrected chi connectivity index (χ0v) is 8.78. The van der Waals surface area contributed by atoms with Crippen LogP contribution in [-0.2, 0) is 10.0 Å². The second kappa shape index (κ2) is 3.67. The van der Waals surface area contributed by atoms with E-state index in [1.165, 1.54) is 13.8 Å². The van der Waals surface area contributed by atoms with Gasteiger partial charge in [0.15, 0.2) is 0 Å². The molecule has 0 saturated carbocycles. The Morgan fingerprint density at radius 3 is 1.86 bits per heavy atom. The second-order valence-electron chi connectivity index (χ2n) is 3.52. The van der Waals surface area contributed by atoms with Crippen LogP contribution in [0.1, 0.15) is 13.8 Å². The average Bonchev–Trinajstić information content (AvgIpc) is 1.80. The van der Waals surface area contributed by atoms with E-state index in [0.29, 0.717) is 0 Å². The number of hydrogen-bond acceptors (Lipinski definition) is 3. The van der Waals surface area contributed by atoms with Gasteiger partial charge in [0.2, 0.25) is 0 Å². The number of likely N-dealkylation sites (N-methyl/N-ethyl adjacent to an activating group) is 1. The molecule has 0 aromatic heterocycles. The molecule has 0 aliphatic heterocycles. The number of rotatable bonds is 3. The first-order valence-corrected chi connectivity index (χ1v) is 5.07. The molecule has 0 rings (SSSR count). The average molecular weight is 235 g/mol. The third kappa shape index (κ3) is 3.43. The molecule has 0 atom stereocenters. The van der Waals surface area contributed by atoms with E-state index < -0.39 is 27.7 Å². The summed E-state index contributed by atoms with van der Waals surface area (Å²) in [5.41, 5.74) is -6.83. The van der Waals surface area contributed by atoms with Gasteiger partial charge in [-0.1, -0.05) is 0 Å². The van der Waals surface area contributed by atoms with Crippen LogP contribution in [0.25, 0.3) is 0 Å². The van der Waals surface area contributed by atoms with Gasteiger partial charge in [-0.3, -0.25) is 0 Å². The zero-order valence-electron chi connectivity index (χ0n) is 7.96. The molecule has 0 saturated heterocycles. The fourth-order valence-electron chi connectivity index (χ4n) is 0.807. The summed E-state index contributed by atoms with van der Waals surface area (Å²) in [5.74, 6) is 0. The molecule has 0 fully saturated rings. The van der Waals surface area contributed by atoms with Gasteiger partial charge < -0.3 is 5.11 Å². The Hall–Kier alpha value is -0.340. The summed E-state index contributed by atoms with van der Waals surface area (Å²) in [5, 5.41) is 9.14. The molecule has 0 heterocycles. The molecule has 0 unspecified atom stereocenters. The highest BCUT2D eigenvalue weighted by Gasteiger charge is 2.49. The summed E-state index contributed by atoms with van der Waals surface area (Å²) in [6.45, 7) is 1.82. The van der Waals surface area contributed by atoms with E-state index in [-0.39, 0.29) is 4.31 Å². The van der Waals surface area contributed by atoms with Gasteiger partial charge in [0.25, 0.3) is 0 Å². The van der Waals surface area contributed by atoms with Gasteiger partial charge >= 0.3 is 15.5 Å². The first kappa shape index (κ1) is 13.7. The fourth-order valence-corrected chi connectivity index (χ4v) is 1.65. The van der Waals surface area contributed by atoms with Gasteiger partial charge in [0.1, 0.15) is 0 Å². The predicted octanol–water partition coefficient (Wildman–Crippen LogP) is 0.539. The van der Waals surface area contributed by atoms with Crippen LogP contribution in [0.2, 0.25) is 0 Å². The summed E-state index contributed by atoms with van der Waals surface area (Å²) in [7, 11) is -4.57. The maximum Gasteiger partial charge on any atom is 0.511 e. The molecule has 8 heteroatoms. The largest absolute Gasteiger partial charge is 0.511 e. The monoisotopic (exact) mass is 235 g/mol. The summed E-state index contributed by atoms with van der Waals surface area (Å²) in [6.07, 6.45) is 0. The molecule has 0 aliphatic carbocycles. The van der Waals surface area contributed by atoms with Crippen LogP contribution in [0.3, 0.4) is 0 Å². The van der Waals surface area contributed by atoms with Crippen molar-refractivity contribution in [2.24, 2.45) is 0 Å². The zero-order chi connectivity index (χ0) is 11.8. The van der Waals surface area contributed by atoms with E-state index in [9.17, 15) is 21.6 Å². The molecular formula is C6H12F3NO3S. The van der Waals surface area contributed by atoms with E-state index in [4.69, 9.17) is 5.11 Å². The maximum absolute atomic E-state index is 11.9. The molecule has 4 nitrogen and oxygen atoms in total. The van der Waals surface area contributed by atoms with Gasteiger partial charge in [-0.25, -0.2) is 8.42 Å². The van der Waals surface area contributed by atoms with Crippen molar-refractivity contribution in [1.82, 2.24) is 4.31 Å². The molecule has 0 aliphatic rings. The van der Waals surface area contributed by atoms with Crippen LogP contribution in [-0.4, -0.2) is 42.5 Å². The fraction of sp³-hybridized carbons (Fsp3) is 1.00. The van der Waals surface area contributed by atoms with Crippen molar-refractivity contribution in [3.05, 3.63) is 0 Å². The minimum atomic E-state index is -5.34. The number of hydrogen-bond donors (Lipinski definition) is 1. The minimum absolute atomic E-state index is 0.0764. The molecule has 86 valence electrons. The van der Waals surface area contributed by atoms with Crippen LogP contribution in [0.5, 0.6) is 0 Å². The Morgan fingerprint density at radius 2 is 1.64 bits per heavy atom. The molecule has 0 spiro atoms. The summed E-state index contributed by atoms with van der Waals surface area (Å²) >= 11 is 0. The lowest BCUT2D eigenvalue weighted by Gasteiger charge is -2.25. The van der Waals surface area contributed by atoms with Gasteiger partial charge in [0.05, 0.1) is 5.60 Å². The molecule has 1 N–H and O–H groups in total. The van der Waals surface area contributed by atoms with Crippen molar-refractivity contribution >= 4 is 10.0 Å². The number of alkyl halides is 3. The van der Waals surface area contributed by atoms with Gasteiger partial charge in [-0.2, -0.15) is 17.5 Å². The van der Waals surface area contributed by atoms with Crippen LogP contribution in [0.4, 0.5) is 13.2 Å². The topological polar surface area (TPSA) is 57.6 Å². The van der Waals surface area contributed by atoms with Crippen molar-refractivity contribution in [3.8, 4) is 0 Å². The van der Waals surface area contributed by atoms with Crippen molar-refractivity contribution < 1.29 is 26.7 Å². The first-order chi connectivity index (χ1) is 5.88. The third-order valence-corrected chi connectivity index (χ3v) is 2.85. The maximum atomic E-state index is 11.9. The molecule has 14 heavy (non-hydrogen) atoms. The van der Waals surface area contributed by atoms with Gasteiger partial charge in [-0.05, 0) is 13.8 Å². The van der Waals surface area contributed by atoms with Crippen molar-refractivity contribution in [1.29, 1.82) is 0 Å². The molecule has 0 aromatic rings. The number of nitrogens with zero attached hydrogens (tertiary/aromatic N) is 1. The molecule has 0 bridgehead atoms. The summed E-state index contributed by atoms with van der Waals surface area (Å²) in [4.78, 5) is 0. The van der Waals surface area contributed by atoms with Gasteiger partial charge in [0, 0.05) is 13.6 Å². The Labute approximate surface area is 80.4 Å². The SMILES string of the molecule is CN(CC(C)(C)O)S(=O)(=O)C(F)(F)F. The van der Waals surface area contributed by atoms with Crippen molar-refractivity contribution in [2.45, 2.75) is 25.0 Å². The standard InChI is InChI=1S/C6H12F3NO3S/c1-5(2,11)4-10(3)14(12,13)6(7,8)9/h11H,4H2,1-3H3. The third-order valence-electron chi connectivity index (χ3n) is 1.31. The highest BCUT2D eigenvalue weighted by molar-refractivity contribution is 7.89. The lowest BCUT2D eigenvalue weighted by molar-refractivity contribution is -0.0500. The van der Waals surface area contributed by atoms with E-state index >= 15 is 0 Å². The number of halogens is 3. The molecule has 0 radical (unpaired) electrons. The van der Waals surface area contributed by atoms with E-state index in [2.05, 4.69) is 0 Å². The van der Waals surface area contributed by atoms with E-state index in [0.717, 1.165) is 7.05 Å². The Bertz CT molecular complexity index is 290. The Kier molecular flexibility index (Phi) is 3.58. The van der Waals surface area contributed by atoms with Crippen molar-refractivity contribution in [2.75, 3.05) is 13.6 Å². The highest BCUT2D eigenvalue weighted by atomic mass is 32.2. The number of sulfonamides is 1. The minimum Gasteiger partial charge on any atom is -0.389 e. The van der Waals surface area contributed by atoms with Gasteiger partial charge in [-0.15, -0.1) is 0 Å². The Morgan fingerprint density at radius 1 is 1.29 bits per heavy atom. The predicted molar refractivity (Wildman–Crippen MR) is 43.9 cm³/mol. The van der Waals surface area contributed by atoms with Crippen LogP contribution in [0, 0.1) is 0 Å². The van der Waals surface area contributed by atoms with E-state index in [1.54, 1.807) is 0 Å². The highest BCUT2D eigenvalue weighted by Crippen LogP contribution is 2.26. The smallest absolute Gasteiger partial charge is 0.389 e. The second-order valence-corrected chi connectivity index (χ2v) is 5.56. The van der Waals surface area contributed by atoms with E-state index in [1.807, 2.05) is 0 Å². The van der Waals surface area contributed by atoms with Crippen LogP contribution in [0.15, 0.2) is 0 Å². The lowest BCUT2D eigenvalue weighted by Crippen LogP contribution is -2.45.